The number of halogens is 3. The molecule has 0 bridgehead atoms. The Morgan fingerprint density at radius 2 is 1.76 bits per heavy atom. The summed E-state index contributed by atoms with van der Waals surface area (Å²) in [4.78, 5) is 11.3. The SMILES string of the molecule is C=C(/C=C(C(=O)O)\C(O)=C/C)c1ccc(-c2ccc(C(F)(F)F)cc2)c(C#N)c1. The van der Waals surface area contributed by atoms with Crippen molar-refractivity contribution in [3.8, 4) is 17.2 Å². The first-order chi connectivity index (χ1) is 13.6. The molecule has 0 fully saturated rings. The highest BCUT2D eigenvalue weighted by molar-refractivity contribution is 5.95. The van der Waals surface area contributed by atoms with Crippen LogP contribution in [0.4, 0.5) is 13.2 Å². The summed E-state index contributed by atoms with van der Waals surface area (Å²) in [5, 5.41) is 28.3. The van der Waals surface area contributed by atoms with Gasteiger partial charge >= 0.3 is 12.1 Å². The summed E-state index contributed by atoms with van der Waals surface area (Å²) in [6.07, 6.45) is -2.06. The normalized spacial score (nSPS) is 12.4. The fourth-order valence-electron chi connectivity index (χ4n) is 2.59. The fourth-order valence-corrected chi connectivity index (χ4v) is 2.59. The quantitative estimate of drug-likeness (QED) is 0.382. The van der Waals surface area contributed by atoms with Gasteiger partial charge in [0.25, 0.3) is 0 Å². The van der Waals surface area contributed by atoms with E-state index in [9.17, 15) is 33.4 Å². The summed E-state index contributed by atoms with van der Waals surface area (Å²) in [6.45, 7) is 5.24. The maximum Gasteiger partial charge on any atom is 0.416 e. The Kier molecular flexibility index (Phi) is 6.29. The van der Waals surface area contributed by atoms with Gasteiger partial charge in [-0.2, -0.15) is 18.4 Å². The van der Waals surface area contributed by atoms with Crippen molar-refractivity contribution in [3.05, 3.63) is 89.2 Å². The second-order valence-corrected chi connectivity index (χ2v) is 6.01. The topological polar surface area (TPSA) is 81.3 Å². The third-order valence-corrected chi connectivity index (χ3v) is 4.13. The Hall–Kier alpha value is -3.79. The molecule has 0 atom stereocenters. The molecule has 0 saturated heterocycles. The molecule has 0 amide bonds. The fraction of sp³-hybridized carbons (Fsp3) is 0.0909. The van der Waals surface area contributed by atoms with Crippen LogP contribution < -0.4 is 0 Å². The maximum absolute atomic E-state index is 12.7. The highest BCUT2D eigenvalue weighted by atomic mass is 19.4. The zero-order valence-corrected chi connectivity index (χ0v) is 15.3. The number of carboxylic acids is 1. The standard InChI is InChI=1S/C22H16F3NO3/c1-3-20(27)19(21(28)29)10-13(2)15-6-9-18(16(11-15)12-26)14-4-7-17(8-5-14)22(23,24)25/h3-11,27H,2H2,1H3,(H,28,29)/b19-10+,20-3+. The molecule has 0 aliphatic heterocycles. The highest BCUT2D eigenvalue weighted by Gasteiger charge is 2.30. The van der Waals surface area contributed by atoms with Crippen LogP contribution in [0.25, 0.3) is 16.7 Å². The maximum atomic E-state index is 12.7. The highest BCUT2D eigenvalue weighted by Crippen LogP contribution is 2.32. The van der Waals surface area contributed by atoms with Gasteiger partial charge in [-0.1, -0.05) is 30.8 Å². The van der Waals surface area contributed by atoms with Crippen molar-refractivity contribution in [3.63, 3.8) is 0 Å². The van der Waals surface area contributed by atoms with Gasteiger partial charge in [-0.15, -0.1) is 0 Å². The summed E-state index contributed by atoms with van der Waals surface area (Å²) in [6, 6.07) is 11.0. The lowest BCUT2D eigenvalue weighted by atomic mass is 9.94. The van der Waals surface area contributed by atoms with Gasteiger partial charge in [0, 0.05) is 0 Å². The molecule has 2 rings (SSSR count). The first-order valence-corrected chi connectivity index (χ1v) is 8.30. The Bertz CT molecular complexity index is 1060. The third kappa shape index (κ3) is 4.93. The number of aliphatic hydroxyl groups is 1. The lowest BCUT2D eigenvalue weighted by Gasteiger charge is -2.10. The van der Waals surface area contributed by atoms with Crippen molar-refractivity contribution in [2.24, 2.45) is 0 Å². The smallest absolute Gasteiger partial charge is 0.416 e. The molecule has 2 aromatic carbocycles. The van der Waals surface area contributed by atoms with Crippen LogP contribution in [-0.2, 0) is 11.0 Å². The molecule has 7 heteroatoms. The summed E-state index contributed by atoms with van der Waals surface area (Å²) in [5.74, 6) is -1.77. The van der Waals surface area contributed by atoms with E-state index >= 15 is 0 Å². The number of carbonyl (C=O) groups is 1. The second kappa shape index (κ2) is 8.48. The minimum Gasteiger partial charge on any atom is -0.507 e. The molecule has 2 aromatic rings. The van der Waals surface area contributed by atoms with Crippen LogP contribution in [0.5, 0.6) is 0 Å². The van der Waals surface area contributed by atoms with E-state index in [-0.39, 0.29) is 16.7 Å². The summed E-state index contributed by atoms with van der Waals surface area (Å²) >= 11 is 0. The number of rotatable bonds is 5. The first kappa shape index (κ1) is 21.5. The van der Waals surface area contributed by atoms with Gasteiger partial charge < -0.3 is 10.2 Å². The van der Waals surface area contributed by atoms with E-state index in [2.05, 4.69) is 6.58 Å². The van der Waals surface area contributed by atoms with Crippen LogP contribution in [0.2, 0.25) is 0 Å². The molecule has 0 aliphatic carbocycles. The number of nitrogens with zero attached hydrogens (tertiary/aromatic N) is 1. The molecule has 148 valence electrons. The number of nitriles is 1. The lowest BCUT2D eigenvalue weighted by Crippen LogP contribution is -2.04. The van der Waals surface area contributed by atoms with E-state index in [0.29, 0.717) is 16.7 Å². The summed E-state index contributed by atoms with van der Waals surface area (Å²) < 4.78 is 38.2. The average Bonchev–Trinajstić information content (AvgIpc) is 2.69. The van der Waals surface area contributed by atoms with Crippen molar-refractivity contribution >= 4 is 11.5 Å². The molecular formula is C22H16F3NO3. The van der Waals surface area contributed by atoms with Crippen LogP contribution in [0.3, 0.4) is 0 Å². The van der Waals surface area contributed by atoms with Crippen molar-refractivity contribution in [1.29, 1.82) is 5.26 Å². The molecule has 2 N–H and O–H groups in total. The van der Waals surface area contributed by atoms with Crippen LogP contribution in [0.15, 0.2) is 72.5 Å². The van der Waals surface area contributed by atoms with Crippen LogP contribution in [0.1, 0.15) is 23.6 Å². The summed E-state index contributed by atoms with van der Waals surface area (Å²) in [7, 11) is 0. The number of carboxylic acid groups (broad SMARTS) is 1. The van der Waals surface area contributed by atoms with Gasteiger partial charge in [-0.3, -0.25) is 0 Å². The molecule has 0 aliphatic rings. The van der Waals surface area contributed by atoms with Gasteiger partial charge in [0.15, 0.2) is 0 Å². The predicted octanol–water partition coefficient (Wildman–Crippen LogP) is 5.73. The van der Waals surface area contributed by atoms with Crippen LogP contribution in [-0.4, -0.2) is 16.2 Å². The average molecular weight is 399 g/mol. The minimum atomic E-state index is -4.45. The Morgan fingerprint density at radius 3 is 2.24 bits per heavy atom. The van der Waals surface area contributed by atoms with Gasteiger partial charge in [-0.25, -0.2) is 4.79 Å². The van der Waals surface area contributed by atoms with E-state index in [0.717, 1.165) is 12.1 Å². The largest absolute Gasteiger partial charge is 0.507 e. The van der Waals surface area contributed by atoms with Crippen molar-refractivity contribution in [2.45, 2.75) is 13.1 Å². The molecule has 0 radical (unpaired) electrons. The van der Waals surface area contributed by atoms with Gasteiger partial charge in [0.05, 0.1) is 17.2 Å². The zero-order valence-electron chi connectivity index (χ0n) is 15.3. The number of hydrogen-bond donors (Lipinski definition) is 2. The van der Waals surface area contributed by atoms with Crippen molar-refractivity contribution in [1.82, 2.24) is 0 Å². The number of allylic oxidation sites excluding steroid dienone is 3. The Labute approximate surface area is 165 Å². The third-order valence-electron chi connectivity index (χ3n) is 4.13. The molecule has 0 unspecified atom stereocenters. The Balaban J connectivity index is 2.44. The number of aliphatic hydroxyl groups excluding tert-OH is 1. The van der Waals surface area contributed by atoms with Crippen molar-refractivity contribution in [2.75, 3.05) is 0 Å². The zero-order chi connectivity index (χ0) is 21.8. The number of benzene rings is 2. The molecule has 4 nitrogen and oxygen atoms in total. The van der Waals surface area contributed by atoms with Gasteiger partial charge in [0.2, 0.25) is 0 Å². The second-order valence-electron chi connectivity index (χ2n) is 6.01. The van der Waals surface area contributed by atoms with E-state index < -0.39 is 23.5 Å². The van der Waals surface area contributed by atoms with Gasteiger partial charge in [0.1, 0.15) is 11.3 Å². The van der Waals surface area contributed by atoms with Crippen LogP contribution >= 0.6 is 0 Å². The number of alkyl halides is 3. The molecule has 0 aromatic heterocycles. The predicted molar refractivity (Wildman–Crippen MR) is 103 cm³/mol. The summed E-state index contributed by atoms with van der Waals surface area (Å²) in [5.41, 5.74) is 0.564. The Morgan fingerprint density at radius 1 is 1.14 bits per heavy atom. The molecule has 0 heterocycles. The van der Waals surface area contributed by atoms with E-state index in [4.69, 9.17) is 0 Å². The van der Waals surface area contributed by atoms with Gasteiger partial charge in [-0.05, 0) is 59.5 Å². The lowest BCUT2D eigenvalue weighted by molar-refractivity contribution is -0.137. The monoisotopic (exact) mass is 399 g/mol. The molecular weight excluding hydrogens is 383 g/mol. The minimum absolute atomic E-state index is 0.184. The first-order valence-electron chi connectivity index (χ1n) is 8.30. The van der Waals surface area contributed by atoms with E-state index in [1.165, 1.54) is 37.3 Å². The number of aliphatic carboxylic acids is 1. The number of hydrogen-bond acceptors (Lipinski definition) is 3. The van der Waals surface area contributed by atoms with E-state index in [1.54, 1.807) is 12.1 Å². The molecule has 0 spiro atoms. The van der Waals surface area contributed by atoms with E-state index in [1.807, 2.05) is 6.07 Å². The van der Waals surface area contributed by atoms with Crippen molar-refractivity contribution < 1.29 is 28.2 Å². The molecule has 29 heavy (non-hydrogen) atoms. The molecule has 0 saturated carbocycles. The van der Waals surface area contributed by atoms with Crippen LogP contribution in [0, 0.1) is 11.3 Å².